The molecule has 0 unspecified atom stereocenters. The Balaban J connectivity index is 1.85. The fourth-order valence-corrected chi connectivity index (χ4v) is 2.50. The maximum absolute atomic E-state index is 12.3. The highest BCUT2D eigenvalue weighted by atomic mass is 35.5. The van der Waals surface area contributed by atoms with Crippen molar-refractivity contribution < 1.29 is 4.79 Å². The summed E-state index contributed by atoms with van der Waals surface area (Å²) in [4.78, 5) is 12.3. The summed E-state index contributed by atoms with van der Waals surface area (Å²) in [6.45, 7) is 2.24. The van der Waals surface area contributed by atoms with Gasteiger partial charge in [-0.1, -0.05) is 36.7 Å². The number of carbonyl (C=O) groups is 1. The molecule has 0 spiro atoms. The first kappa shape index (κ1) is 13.2. The number of hydrogen-bond donors (Lipinski definition) is 1. The van der Waals surface area contributed by atoms with Crippen LogP contribution in [0.5, 0.6) is 0 Å². The summed E-state index contributed by atoms with van der Waals surface area (Å²) in [5.74, 6) is -0.0987. The summed E-state index contributed by atoms with van der Waals surface area (Å²) in [5, 5.41) is 3.64. The van der Waals surface area contributed by atoms with Crippen LogP contribution in [0, 0.1) is 0 Å². The van der Waals surface area contributed by atoms with E-state index in [1.54, 1.807) is 24.3 Å². The van der Waals surface area contributed by atoms with Crippen molar-refractivity contribution in [1.29, 1.82) is 0 Å². The van der Waals surface area contributed by atoms with E-state index in [1.165, 1.54) is 18.4 Å². The first-order valence-corrected chi connectivity index (χ1v) is 7.13. The summed E-state index contributed by atoms with van der Waals surface area (Å²) in [5.41, 5.74) is 2.98. The predicted octanol–water partition coefficient (Wildman–Crippen LogP) is 4.64. The molecular weight excluding hydrogens is 270 g/mol. The molecule has 0 atom stereocenters. The van der Waals surface area contributed by atoms with Gasteiger partial charge in [-0.15, -0.1) is 0 Å². The van der Waals surface area contributed by atoms with Gasteiger partial charge in [0, 0.05) is 16.3 Å². The van der Waals surface area contributed by atoms with Crippen molar-refractivity contribution in [2.24, 2.45) is 0 Å². The Morgan fingerprint density at radius 1 is 1.10 bits per heavy atom. The molecular formula is C17H16ClNO. The van der Waals surface area contributed by atoms with Crippen molar-refractivity contribution in [2.45, 2.75) is 25.2 Å². The first-order chi connectivity index (χ1) is 9.58. The van der Waals surface area contributed by atoms with Crippen molar-refractivity contribution in [3.05, 3.63) is 64.7 Å². The number of nitrogens with one attached hydrogen (secondary N) is 1. The van der Waals surface area contributed by atoms with Crippen LogP contribution in [0.2, 0.25) is 5.02 Å². The third-order valence-electron chi connectivity index (χ3n) is 3.93. The zero-order chi connectivity index (χ0) is 14.2. The minimum Gasteiger partial charge on any atom is -0.322 e. The van der Waals surface area contributed by atoms with Gasteiger partial charge in [0.05, 0.1) is 0 Å². The number of anilines is 1. The van der Waals surface area contributed by atoms with E-state index < -0.39 is 0 Å². The molecule has 0 heterocycles. The molecule has 2 aromatic carbocycles. The Labute approximate surface area is 123 Å². The fourth-order valence-electron chi connectivity index (χ4n) is 2.37. The smallest absolute Gasteiger partial charge is 0.255 e. The number of para-hydroxylation sites is 1. The van der Waals surface area contributed by atoms with Crippen LogP contribution in [0.3, 0.4) is 0 Å². The lowest BCUT2D eigenvalue weighted by Crippen LogP contribution is -2.15. The van der Waals surface area contributed by atoms with Gasteiger partial charge in [-0.25, -0.2) is 0 Å². The number of halogens is 1. The maximum Gasteiger partial charge on any atom is 0.255 e. The Bertz CT molecular complexity index is 644. The number of rotatable bonds is 3. The largest absolute Gasteiger partial charge is 0.322 e. The minimum absolute atomic E-state index is 0.0987. The summed E-state index contributed by atoms with van der Waals surface area (Å²) < 4.78 is 0. The normalized spacial score (nSPS) is 15.7. The second-order valence-electron chi connectivity index (χ2n) is 5.57. The molecule has 3 rings (SSSR count). The molecule has 0 saturated heterocycles. The van der Waals surface area contributed by atoms with Crippen LogP contribution >= 0.6 is 11.6 Å². The fraction of sp³-hybridized carbons (Fsp3) is 0.235. The molecule has 1 saturated carbocycles. The molecule has 102 valence electrons. The van der Waals surface area contributed by atoms with Crippen LogP contribution in [0.4, 0.5) is 5.69 Å². The van der Waals surface area contributed by atoms with Gasteiger partial charge >= 0.3 is 0 Å². The van der Waals surface area contributed by atoms with Crippen LogP contribution in [0.25, 0.3) is 0 Å². The van der Waals surface area contributed by atoms with E-state index in [4.69, 9.17) is 11.6 Å². The molecule has 1 N–H and O–H groups in total. The average Bonchev–Trinajstić information content (AvgIpc) is 3.19. The summed E-state index contributed by atoms with van der Waals surface area (Å²) in [6.07, 6.45) is 2.36. The van der Waals surface area contributed by atoms with Crippen LogP contribution in [0.15, 0.2) is 48.5 Å². The van der Waals surface area contributed by atoms with Gasteiger partial charge in [-0.2, -0.15) is 0 Å². The van der Waals surface area contributed by atoms with Crippen molar-refractivity contribution in [3.63, 3.8) is 0 Å². The molecule has 0 radical (unpaired) electrons. The second kappa shape index (κ2) is 4.95. The molecule has 0 aliphatic heterocycles. The topological polar surface area (TPSA) is 29.1 Å². The van der Waals surface area contributed by atoms with Crippen molar-refractivity contribution in [3.8, 4) is 0 Å². The van der Waals surface area contributed by atoms with Crippen molar-refractivity contribution in [2.75, 3.05) is 5.32 Å². The van der Waals surface area contributed by atoms with Crippen molar-refractivity contribution in [1.82, 2.24) is 0 Å². The van der Waals surface area contributed by atoms with Gasteiger partial charge in [-0.05, 0) is 54.2 Å². The van der Waals surface area contributed by atoms with Gasteiger partial charge in [0.15, 0.2) is 0 Å². The molecule has 1 aliphatic rings. The maximum atomic E-state index is 12.3. The highest BCUT2D eigenvalue weighted by molar-refractivity contribution is 6.30. The Morgan fingerprint density at radius 3 is 2.40 bits per heavy atom. The van der Waals surface area contributed by atoms with E-state index >= 15 is 0 Å². The lowest BCUT2D eigenvalue weighted by molar-refractivity contribution is 0.102. The van der Waals surface area contributed by atoms with E-state index in [-0.39, 0.29) is 11.3 Å². The molecule has 1 fully saturated rings. The Morgan fingerprint density at radius 2 is 1.75 bits per heavy atom. The van der Waals surface area contributed by atoms with Crippen LogP contribution in [-0.4, -0.2) is 5.91 Å². The Kier molecular flexibility index (Phi) is 3.27. The first-order valence-electron chi connectivity index (χ1n) is 6.75. The molecule has 1 aliphatic carbocycles. The standard InChI is InChI=1S/C17H16ClNO/c1-17(10-11-17)14-4-2-3-5-15(14)19-16(20)12-6-8-13(18)9-7-12/h2-9H,10-11H2,1H3,(H,19,20). The second-order valence-corrected chi connectivity index (χ2v) is 6.00. The van der Waals surface area contributed by atoms with Gasteiger partial charge in [0.25, 0.3) is 5.91 Å². The number of amides is 1. The molecule has 3 heteroatoms. The van der Waals surface area contributed by atoms with E-state index in [1.807, 2.05) is 18.2 Å². The van der Waals surface area contributed by atoms with E-state index in [0.29, 0.717) is 10.6 Å². The summed E-state index contributed by atoms with van der Waals surface area (Å²) in [6, 6.07) is 15.0. The highest BCUT2D eigenvalue weighted by Gasteiger charge is 2.40. The third-order valence-corrected chi connectivity index (χ3v) is 4.18. The molecule has 1 amide bonds. The van der Waals surface area contributed by atoms with Gasteiger partial charge < -0.3 is 5.32 Å². The van der Waals surface area contributed by atoms with Crippen molar-refractivity contribution >= 4 is 23.2 Å². The van der Waals surface area contributed by atoms with Crippen LogP contribution in [0.1, 0.15) is 35.7 Å². The monoisotopic (exact) mass is 285 g/mol. The number of hydrogen-bond acceptors (Lipinski definition) is 1. The summed E-state index contributed by atoms with van der Waals surface area (Å²) in [7, 11) is 0. The van der Waals surface area contributed by atoms with E-state index in [9.17, 15) is 4.79 Å². The van der Waals surface area contributed by atoms with Gasteiger partial charge in [0.2, 0.25) is 0 Å². The lowest BCUT2D eigenvalue weighted by atomic mass is 9.96. The number of carbonyl (C=O) groups excluding carboxylic acids is 1. The molecule has 20 heavy (non-hydrogen) atoms. The van der Waals surface area contributed by atoms with E-state index in [2.05, 4.69) is 18.3 Å². The molecule has 0 bridgehead atoms. The predicted molar refractivity (Wildman–Crippen MR) is 82.4 cm³/mol. The zero-order valence-electron chi connectivity index (χ0n) is 11.3. The minimum atomic E-state index is -0.0987. The molecule has 2 aromatic rings. The highest BCUT2D eigenvalue weighted by Crippen LogP contribution is 2.50. The quantitative estimate of drug-likeness (QED) is 0.874. The summed E-state index contributed by atoms with van der Waals surface area (Å²) >= 11 is 5.84. The molecule has 2 nitrogen and oxygen atoms in total. The van der Waals surface area contributed by atoms with E-state index in [0.717, 1.165) is 5.69 Å². The molecule has 0 aromatic heterocycles. The number of benzene rings is 2. The lowest BCUT2D eigenvalue weighted by Gasteiger charge is -2.15. The third kappa shape index (κ3) is 2.56. The Hall–Kier alpha value is -1.80. The van der Waals surface area contributed by atoms with Crippen LogP contribution in [-0.2, 0) is 5.41 Å². The van der Waals surface area contributed by atoms with Gasteiger partial charge in [-0.3, -0.25) is 4.79 Å². The zero-order valence-corrected chi connectivity index (χ0v) is 12.1. The van der Waals surface area contributed by atoms with Gasteiger partial charge in [0.1, 0.15) is 0 Å². The van der Waals surface area contributed by atoms with Crippen LogP contribution < -0.4 is 5.32 Å². The average molecular weight is 286 g/mol. The SMILES string of the molecule is CC1(c2ccccc2NC(=O)c2ccc(Cl)cc2)CC1.